The van der Waals surface area contributed by atoms with E-state index in [0.29, 0.717) is 12.0 Å². The van der Waals surface area contributed by atoms with Crippen molar-refractivity contribution in [3.8, 4) is 0 Å². The first kappa shape index (κ1) is 15.4. The fourth-order valence-electron chi connectivity index (χ4n) is 0.840. The van der Waals surface area contributed by atoms with E-state index >= 15 is 0 Å². The third-order valence-corrected chi connectivity index (χ3v) is 3.62. The molecule has 0 aliphatic rings. The predicted molar refractivity (Wildman–Crippen MR) is 61.6 cm³/mol. The van der Waals surface area contributed by atoms with Gasteiger partial charge in [-0.3, -0.25) is 4.57 Å². The third kappa shape index (κ3) is 4.92. The average molecular weight is 250 g/mol. The molecule has 6 heteroatoms. The average Bonchev–Trinajstić information content (AvgIpc) is 2.23. The van der Waals surface area contributed by atoms with Crippen LogP contribution in [0.3, 0.4) is 0 Å². The van der Waals surface area contributed by atoms with Gasteiger partial charge >= 0.3 is 5.97 Å². The highest BCUT2D eigenvalue weighted by atomic mass is 31.1. The maximum absolute atomic E-state index is 11.0. The molecular weight excluding hydrogens is 231 g/mol. The Hall–Kier alpha value is -0.640. The van der Waals surface area contributed by atoms with Gasteiger partial charge < -0.3 is 14.4 Å². The minimum Gasteiger partial charge on any atom is -0.460 e. The first-order valence-corrected chi connectivity index (χ1v) is 6.39. The number of esters is 1. The molecule has 0 aliphatic carbocycles. The van der Waals surface area contributed by atoms with Crippen molar-refractivity contribution in [3.05, 3.63) is 12.2 Å². The van der Waals surface area contributed by atoms with Crippen molar-refractivity contribution in [1.82, 2.24) is 0 Å². The second-order valence-corrected chi connectivity index (χ2v) is 5.32. The fourth-order valence-corrected chi connectivity index (χ4v) is 1.37. The lowest BCUT2D eigenvalue weighted by atomic mass is 10.3. The Morgan fingerprint density at radius 2 is 2.06 bits per heavy atom. The second kappa shape index (κ2) is 6.84. The highest BCUT2D eigenvalue weighted by molar-refractivity contribution is 7.39. The maximum atomic E-state index is 11.0. The van der Waals surface area contributed by atoms with Crippen molar-refractivity contribution in [2.24, 2.45) is 0 Å². The molecular formula is C10H19O5P. The van der Waals surface area contributed by atoms with E-state index in [1.54, 1.807) is 20.8 Å². The van der Waals surface area contributed by atoms with Gasteiger partial charge in [0.15, 0.2) is 0 Å². The summed E-state index contributed by atoms with van der Waals surface area (Å²) >= 11 is 0. The first-order chi connectivity index (χ1) is 7.33. The quantitative estimate of drug-likeness (QED) is 0.322. The fraction of sp³-hybridized carbons (Fsp3) is 0.700. The number of hydrogen-bond donors (Lipinski definition) is 1. The maximum Gasteiger partial charge on any atom is 0.333 e. The molecule has 0 spiro atoms. The van der Waals surface area contributed by atoms with Gasteiger partial charge in [0.1, 0.15) is 11.9 Å². The van der Waals surface area contributed by atoms with E-state index in [-0.39, 0.29) is 13.2 Å². The lowest BCUT2D eigenvalue weighted by Crippen LogP contribution is -2.25. The molecule has 0 fully saturated rings. The lowest BCUT2D eigenvalue weighted by Gasteiger charge is -2.25. The number of rotatable bonds is 7. The molecule has 0 amide bonds. The Labute approximate surface area is 96.3 Å². The zero-order chi connectivity index (χ0) is 12.8. The molecule has 0 aromatic rings. The normalized spacial score (nSPS) is 16.2. The summed E-state index contributed by atoms with van der Waals surface area (Å²) in [6.45, 7) is 8.45. The molecule has 5 nitrogen and oxygen atoms in total. The van der Waals surface area contributed by atoms with Gasteiger partial charge in [-0.25, -0.2) is 4.79 Å². The summed E-state index contributed by atoms with van der Waals surface area (Å²) < 4.78 is 21.1. The van der Waals surface area contributed by atoms with Crippen LogP contribution in [0.15, 0.2) is 12.2 Å². The van der Waals surface area contributed by atoms with E-state index in [2.05, 4.69) is 6.58 Å². The summed E-state index contributed by atoms with van der Waals surface area (Å²) in [4.78, 5) is 20.1. The molecule has 2 atom stereocenters. The van der Waals surface area contributed by atoms with E-state index in [9.17, 15) is 9.36 Å². The van der Waals surface area contributed by atoms with Crippen LogP contribution >= 0.6 is 8.03 Å². The standard InChI is InChI=1S/C10H19O5P/c1-5-10(4,16(12)13)15-7-6-14-9(11)8(2)3/h16H,2,5-7H2,1,3-4H3,(H,12,13). The number of carbonyl (C=O) groups excluding carboxylic acids is 1. The van der Waals surface area contributed by atoms with Crippen molar-refractivity contribution in [3.63, 3.8) is 0 Å². The zero-order valence-electron chi connectivity index (χ0n) is 9.91. The Morgan fingerprint density at radius 1 is 1.50 bits per heavy atom. The molecule has 94 valence electrons. The van der Waals surface area contributed by atoms with Crippen LogP contribution in [0.1, 0.15) is 27.2 Å². The zero-order valence-corrected chi connectivity index (χ0v) is 10.9. The highest BCUT2D eigenvalue weighted by Crippen LogP contribution is 2.38. The molecule has 0 rings (SSSR count). The Kier molecular flexibility index (Phi) is 6.56. The van der Waals surface area contributed by atoms with Gasteiger partial charge in [-0.1, -0.05) is 13.5 Å². The molecule has 1 N–H and O–H groups in total. The summed E-state index contributed by atoms with van der Waals surface area (Å²) in [5, 5.41) is -1.04. The Balaban J connectivity index is 3.94. The van der Waals surface area contributed by atoms with Crippen molar-refractivity contribution in [1.29, 1.82) is 0 Å². The molecule has 0 aliphatic heterocycles. The summed E-state index contributed by atoms with van der Waals surface area (Å²) in [5.41, 5.74) is 0.314. The second-order valence-electron chi connectivity index (χ2n) is 3.65. The Morgan fingerprint density at radius 3 is 2.44 bits per heavy atom. The van der Waals surface area contributed by atoms with Crippen LogP contribution in [0.4, 0.5) is 0 Å². The van der Waals surface area contributed by atoms with Crippen LogP contribution in [0, 0.1) is 0 Å². The molecule has 0 bridgehead atoms. The molecule has 16 heavy (non-hydrogen) atoms. The smallest absolute Gasteiger partial charge is 0.333 e. The van der Waals surface area contributed by atoms with Gasteiger partial charge in [0.05, 0.1) is 6.61 Å². The predicted octanol–water partition coefficient (Wildman–Crippen LogP) is 1.72. The number of ether oxygens (including phenoxy) is 2. The van der Waals surface area contributed by atoms with Crippen LogP contribution in [-0.2, 0) is 18.8 Å². The summed E-state index contributed by atoms with van der Waals surface area (Å²) in [6.07, 6.45) is 0.426. The number of hydrogen-bond acceptors (Lipinski definition) is 4. The third-order valence-electron chi connectivity index (χ3n) is 2.21. The van der Waals surface area contributed by atoms with Gasteiger partial charge in [-0.2, -0.15) is 0 Å². The van der Waals surface area contributed by atoms with Gasteiger partial charge in [0, 0.05) is 5.57 Å². The molecule has 2 unspecified atom stereocenters. The van der Waals surface area contributed by atoms with Gasteiger partial charge in [-0.15, -0.1) is 0 Å². The Bertz CT molecular complexity index is 289. The summed E-state index contributed by atoms with van der Waals surface area (Å²) in [6, 6.07) is 0. The lowest BCUT2D eigenvalue weighted by molar-refractivity contribution is -0.141. The van der Waals surface area contributed by atoms with Crippen LogP contribution in [0.5, 0.6) is 0 Å². The summed E-state index contributed by atoms with van der Waals surface area (Å²) in [7, 11) is -2.77. The minimum absolute atomic E-state index is 0.0520. The van der Waals surface area contributed by atoms with Gasteiger partial charge in [0.2, 0.25) is 8.03 Å². The van der Waals surface area contributed by atoms with Crippen molar-refractivity contribution in [2.75, 3.05) is 13.2 Å². The monoisotopic (exact) mass is 250 g/mol. The largest absolute Gasteiger partial charge is 0.460 e. The molecule has 0 saturated heterocycles. The number of carbonyl (C=O) groups is 1. The highest BCUT2D eigenvalue weighted by Gasteiger charge is 2.28. The van der Waals surface area contributed by atoms with Crippen LogP contribution < -0.4 is 0 Å². The topological polar surface area (TPSA) is 72.8 Å². The van der Waals surface area contributed by atoms with Crippen molar-refractivity contribution in [2.45, 2.75) is 32.5 Å². The summed E-state index contributed by atoms with van der Waals surface area (Å²) in [5.74, 6) is -0.488. The molecule has 0 heterocycles. The molecule has 0 saturated carbocycles. The van der Waals surface area contributed by atoms with E-state index in [0.717, 1.165) is 0 Å². The van der Waals surface area contributed by atoms with Crippen molar-refractivity contribution >= 4 is 14.0 Å². The molecule has 0 aromatic heterocycles. The van der Waals surface area contributed by atoms with E-state index in [4.69, 9.17) is 14.4 Å². The minimum atomic E-state index is -2.77. The SMILES string of the molecule is C=C(C)C(=O)OCCOC(C)(CC)[PH](=O)O. The van der Waals surface area contributed by atoms with E-state index in [1.165, 1.54) is 0 Å². The van der Waals surface area contributed by atoms with E-state index < -0.39 is 19.3 Å². The van der Waals surface area contributed by atoms with Crippen molar-refractivity contribution < 1.29 is 23.7 Å². The first-order valence-electron chi connectivity index (χ1n) is 5.03. The molecule has 0 aromatic carbocycles. The molecule has 0 radical (unpaired) electrons. The van der Waals surface area contributed by atoms with Crippen LogP contribution in [0.25, 0.3) is 0 Å². The van der Waals surface area contributed by atoms with E-state index in [1.807, 2.05) is 0 Å². The van der Waals surface area contributed by atoms with Crippen LogP contribution in [0.2, 0.25) is 0 Å². The van der Waals surface area contributed by atoms with Gasteiger partial charge in [0.25, 0.3) is 0 Å². The van der Waals surface area contributed by atoms with Gasteiger partial charge in [-0.05, 0) is 20.3 Å². The van der Waals surface area contributed by atoms with Crippen LogP contribution in [-0.4, -0.2) is 29.4 Å².